The Morgan fingerprint density at radius 2 is 2.14 bits per heavy atom. The molecule has 0 amide bonds. The minimum absolute atomic E-state index is 0.565. The van der Waals surface area contributed by atoms with E-state index in [1.54, 1.807) is 12.1 Å². The SMILES string of the molecule is O=C(O)C1(c2cccc(Cl)c2Br)CC1. The van der Waals surface area contributed by atoms with Crippen molar-refractivity contribution in [3.8, 4) is 0 Å². The third-order valence-electron chi connectivity index (χ3n) is 2.63. The van der Waals surface area contributed by atoms with E-state index in [9.17, 15) is 4.79 Å². The Morgan fingerprint density at radius 3 is 2.64 bits per heavy atom. The van der Waals surface area contributed by atoms with Crippen LogP contribution >= 0.6 is 27.5 Å². The largest absolute Gasteiger partial charge is 0.481 e. The number of carboxylic acids is 1. The summed E-state index contributed by atoms with van der Waals surface area (Å²) in [5.41, 5.74) is 0.0986. The van der Waals surface area contributed by atoms with Crippen LogP contribution in [0.3, 0.4) is 0 Å². The minimum atomic E-state index is -0.763. The molecule has 0 atom stereocenters. The summed E-state index contributed by atoms with van der Waals surface area (Å²) in [5.74, 6) is -0.763. The van der Waals surface area contributed by atoms with Crippen LogP contribution in [-0.4, -0.2) is 11.1 Å². The summed E-state index contributed by atoms with van der Waals surface area (Å²) < 4.78 is 0.710. The van der Waals surface area contributed by atoms with E-state index < -0.39 is 11.4 Å². The molecule has 0 spiro atoms. The highest BCUT2D eigenvalue weighted by atomic mass is 79.9. The highest BCUT2D eigenvalue weighted by Gasteiger charge is 2.52. The van der Waals surface area contributed by atoms with Crippen LogP contribution in [0.1, 0.15) is 18.4 Å². The number of hydrogen-bond acceptors (Lipinski definition) is 1. The third kappa shape index (κ3) is 1.35. The molecular formula is C10H8BrClO2. The molecule has 1 N–H and O–H groups in total. The van der Waals surface area contributed by atoms with Crippen LogP contribution < -0.4 is 0 Å². The molecule has 0 aliphatic heterocycles. The maximum Gasteiger partial charge on any atom is 0.314 e. The van der Waals surface area contributed by atoms with E-state index in [4.69, 9.17) is 16.7 Å². The van der Waals surface area contributed by atoms with E-state index in [1.807, 2.05) is 6.07 Å². The third-order valence-corrected chi connectivity index (χ3v) is 4.02. The molecule has 0 heterocycles. The number of hydrogen-bond donors (Lipinski definition) is 1. The zero-order chi connectivity index (χ0) is 10.3. The Balaban J connectivity index is 2.52. The highest BCUT2D eigenvalue weighted by molar-refractivity contribution is 9.10. The first-order chi connectivity index (χ1) is 6.58. The summed E-state index contributed by atoms with van der Waals surface area (Å²) in [6.07, 6.45) is 1.39. The van der Waals surface area contributed by atoms with Gasteiger partial charge < -0.3 is 5.11 Å². The predicted molar refractivity (Wildman–Crippen MR) is 57.7 cm³/mol. The van der Waals surface area contributed by atoms with Crippen molar-refractivity contribution in [2.24, 2.45) is 0 Å². The van der Waals surface area contributed by atoms with E-state index in [2.05, 4.69) is 15.9 Å². The quantitative estimate of drug-likeness (QED) is 0.900. The molecule has 1 aromatic carbocycles. The molecule has 0 unspecified atom stereocenters. The lowest BCUT2D eigenvalue weighted by Crippen LogP contribution is -2.19. The van der Waals surface area contributed by atoms with Gasteiger partial charge in [-0.1, -0.05) is 23.7 Å². The zero-order valence-corrected chi connectivity index (χ0v) is 9.60. The smallest absolute Gasteiger partial charge is 0.314 e. The Hall–Kier alpha value is -0.540. The second-order valence-electron chi connectivity index (χ2n) is 3.49. The standard InChI is InChI=1S/C10H8BrClO2/c11-8-6(2-1-3-7(8)12)10(4-5-10)9(13)14/h1-3H,4-5H2,(H,13,14). The van der Waals surface area contributed by atoms with Gasteiger partial charge in [0.25, 0.3) is 0 Å². The second kappa shape index (κ2) is 3.24. The summed E-state index contributed by atoms with van der Waals surface area (Å²) in [5, 5.41) is 9.67. The summed E-state index contributed by atoms with van der Waals surface area (Å²) in [4.78, 5) is 11.1. The van der Waals surface area contributed by atoms with Gasteiger partial charge in [0.15, 0.2) is 0 Å². The van der Waals surface area contributed by atoms with Gasteiger partial charge in [-0.2, -0.15) is 0 Å². The lowest BCUT2D eigenvalue weighted by atomic mass is 9.96. The first-order valence-corrected chi connectivity index (χ1v) is 5.43. The maximum absolute atomic E-state index is 11.1. The van der Waals surface area contributed by atoms with Crippen molar-refractivity contribution >= 4 is 33.5 Å². The number of halogens is 2. The average molecular weight is 276 g/mol. The van der Waals surface area contributed by atoms with Crippen LogP contribution in [0.5, 0.6) is 0 Å². The fraction of sp³-hybridized carbons (Fsp3) is 0.300. The average Bonchev–Trinajstić information content (AvgIpc) is 2.90. The molecule has 1 aliphatic rings. The van der Waals surface area contributed by atoms with Gasteiger partial charge in [0.05, 0.1) is 10.4 Å². The summed E-state index contributed by atoms with van der Waals surface area (Å²) in [6, 6.07) is 5.34. The van der Waals surface area contributed by atoms with E-state index in [0.29, 0.717) is 22.3 Å². The molecule has 2 rings (SSSR count). The molecule has 0 bridgehead atoms. The molecule has 1 aromatic rings. The van der Waals surface area contributed by atoms with Gasteiger partial charge in [0, 0.05) is 4.47 Å². The van der Waals surface area contributed by atoms with Crippen molar-refractivity contribution in [3.63, 3.8) is 0 Å². The molecule has 0 saturated heterocycles. The Morgan fingerprint density at radius 1 is 1.50 bits per heavy atom. The Kier molecular flexibility index (Phi) is 2.32. The topological polar surface area (TPSA) is 37.3 Å². The molecule has 0 aromatic heterocycles. The minimum Gasteiger partial charge on any atom is -0.481 e. The monoisotopic (exact) mass is 274 g/mol. The van der Waals surface area contributed by atoms with Crippen LogP contribution in [-0.2, 0) is 10.2 Å². The maximum atomic E-state index is 11.1. The first-order valence-electron chi connectivity index (χ1n) is 4.26. The van der Waals surface area contributed by atoms with Crippen molar-refractivity contribution in [2.45, 2.75) is 18.3 Å². The van der Waals surface area contributed by atoms with Crippen molar-refractivity contribution in [1.29, 1.82) is 0 Å². The van der Waals surface area contributed by atoms with E-state index >= 15 is 0 Å². The summed E-state index contributed by atoms with van der Waals surface area (Å²) >= 11 is 9.24. The fourth-order valence-electron chi connectivity index (χ4n) is 1.60. The van der Waals surface area contributed by atoms with Gasteiger partial charge >= 0.3 is 5.97 Å². The van der Waals surface area contributed by atoms with Crippen LogP contribution in [0.4, 0.5) is 0 Å². The van der Waals surface area contributed by atoms with Crippen molar-refractivity contribution in [2.75, 3.05) is 0 Å². The van der Waals surface area contributed by atoms with Gasteiger partial charge in [-0.05, 0) is 40.4 Å². The molecule has 1 fully saturated rings. The van der Waals surface area contributed by atoms with E-state index in [1.165, 1.54) is 0 Å². The highest BCUT2D eigenvalue weighted by Crippen LogP contribution is 2.51. The lowest BCUT2D eigenvalue weighted by molar-refractivity contribution is -0.140. The number of aliphatic carboxylic acids is 1. The number of benzene rings is 1. The molecule has 14 heavy (non-hydrogen) atoms. The van der Waals surface area contributed by atoms with Gasteiger partial charge in [0.1, 0.15) is 0 Å². The van der Waals surface area contributed by atoms with Crippen molar-refractivity contribution < 1.29 is 9.90 Å². The number of carbonyl (C=O) groups is 1. The molecule has 2 nitrogen and oxygen atoms in total. The number of rotatable bonds is 2. The van der Waals surface area contributed by atoms with Crippen molar-refractivity contribution in [1.82, 2.24) is 0 Å². The van der Waals surface area contributed by atoms with E-state index in [0.717, 1.165) is 5.56 Å². The lowest BCUT2D eigenvalue weighted by Gasteiger charge is -2.12. The van der Waals surface area contributed by atoms with Crippen LogP contribution in [0.2, 0.25) is 5.02 Å². The Bertz CT molecular complexity index is 399. The molecule has 74 valence electrons. The van der Waals surface area contributed by atoms with Crippen molar-refractivity contribution in [3.05, 3.63) is 33.3 Å². The normalized spacial score (nSPS) is 17.9. The molecule has 4 heteroatoms. The Labute approximate surface area is 95.0 Å². The fourth-order valence-corrected chi connectivity index (χ4v) is 2.42. The number of carboxylic acid groups (broad SMARTS) is 1. The van der Waals surface area contributed by atoms with Crippen LogP contribution in [0.15, 0.2) is 22.7 Å². The van der Waals surface area contributed by atoms with E-state index in [-0.39, 0.29) is 0 Å². The summed E-state index contributed by atoms with van der Waals surface area (Å²) in [6.45, 7) is 0. The van der Waals surface area contributed by atoms with Crippen LogP contribution in [0.25, 0.3) is 0 Å². The van der Waals surface area contributed by atoms with Gasteiger partial charge in [0.2, 0.25) is 0 Å². The molecule has 1 saturated carbocycles. The van der Waals surface area contributed by atoms with Gasteiger partial charge in [-0.25, -0.2) is 0 Å². The van der Waals surface area contributed by atoms with Crippen LogP contribution in [0, 0.1) is 0 Å². The van der Waals surface area contributed by atoms with Gasteiger partial charge in [-0.3, -0.25) is 4.79 Å². The molecule has 1 aliphatic carbocycles. The predicted octanol–water partition coefficient (Wildman–Crippen LogP) is 3.22. The molecule has 0 radical (unpaired) electrons. The summed E-state index contributed by atoms with van der Waals surface area (Å²) in [7, 11) is 0. The molecular weight excluding hydrogens is 267 g/mol. The second-order valence-corrected chi connectivity index (χ2v) is 4.69. The zero-order valence-electron chi connectivity index (χ0n) is 7.26. The first kappa shape index (κ1) is 9.99. The van der Waals surface area contributed by atoms with Gasteiger partial charge in [-0.15, -0.1) is 0 Å².